The maximum atomic E-state index is 13.4. The molecule has 2 atom stereocenters. The normalized spacial score (nSPS) is 18.1. The molecule has 2 unspecified atom stereocenters. The molecule has 4 heteroatoms. The van der Waals surface area contributed by atoms with Crippen molar-refractivity contribution in [3.8, 4) is 5.75 Å². The van der Waals surface area contributed by atoms with Gasteiger partial charge in [-0.25, -0.2) is 0 Å². The number of piperidine rings is 1. The second-order valence-electron chi connectivity index (χ2n) is 7.22. The van der Waals surface area contributed by atoms with Crippen LogP contribution in [0.25, 0.3) is 0 Å². The lowest BCUT2D eigenvalue weighted by atomic mass is 9.97. The van der Waals surface area contributed by atoms with Crippen molar-refractivity contribution in [1.29, 1.82) is 0 Å². The van der Waals surface area contributed by atoms with Crippen LogP contribution in [-0.2, 0) is 11.2 Å². The molecule has 0 aliphatic carbocycles. The number of para-hydroxylation sites is 1. The summed E-state index contributed by atoms with van der Waals surface area (Å²) in [4.78, 5) is 15.4. The summed E-state index contributed by atoms with van der Waals surface area (Å²) in [5.41, 5.74) is 2.03. The van der Waals surface area contributed by atoms with Gasteiger partial charge in [-0.2, -0.15) is 0 Å². The summed E-state index contributed by atoms with van der Waals surface area (Å²) in [5.74, 6) is 1.37. The van der Waals surface area contributed by atoms with Crippen LogP contribution in [-0.4, -0.2) is 37.5 Å². The average molecular weight is 367 g/mol. The van der Waals surface area contributed by atoms with Gasteiger partial charge in [0, 0.05) is 18.7 Å². The van der Waals surface area contributed by atoms with E-state index in [1.54, 1.807) is 0 Å². The maximum absolute atomic E-state index is 13.4. The van der Waals surface area contributed by atoms with Crippen LogP contribution in [0.2, 0.25) is 0 Å². The number of nitrogens with zero attached hydrogens (tertiary/aromatic N) is 1. The van der Waals surface area contributed by atoms with Crippen LogP contribution < -0.4 is 10.1 Å². The molecule has 1 N–H and O–H groups in total. The molecule has 0 radical (unpaired) electrons. The van der Waals surface area contributed by atoms with E-state index in [9.17, 15) is 4.79 Å². The highest BCUT2D eigenvalue weighted by Gasteiger charge is 2.31. The minimum absolute atomic E-state index is 0.0629. The van der Waals surface area contributed by atoms with E-state index in [0.717, 1.165) is 49.4 Å². The molecule has 27 heavy (non-hydrogen) atoms. The molecule has 1 fully saturated rings. The predicted molar refractivity (Wildman–Crippen MR) is 109 cm³/mol. The van der Waals surface area contributed by atoms with Crippen LogP contribution in [0.3, 0.4) is 0 Å². The molecule has 0 spiro atoms. The Hall–Kier alpha value is -2.33. The van der Waals surface area contributed by atoms with Crippen molar-refractivity contribution < 1.29 is 9.53 Å². The third kappa shape index (κ3) is 4.89. The van der Waals surface area contributed by atoms with E-state index in [1.165, 1.54) is 6.42 Å². The van der Waals surface area contributed by atoms with Gasteiger partial charge in [0.15, 0.2) is 0 Å². The molecule has 1 heterocycles. The van der Waals surface area contributed by atoms with Crippen LogP contribution in [0.15, 0.2) is 54.6 Å². The highest BCUT2D eigenvalue weighted by Crippen LogP contribution is 2.29. The summed E-state index contributed by atoms with van der Waals surface area (Å²) in [7, 11) is 1.97. The Balaban J connectivity index is 1.85. The van der Waals surface area contributed by atoms with Gasteiger partial charge in [-0.1, -0.05) is 55.5 Å². The van der Waals surface area contributed by atoms with E-state index in [4.69, 9.17) is 4.74 Å². The molecule has 1 amide bonds. The van der Waals surface area contributed by atoms with E-state index in [2.05, 4.69) is 18.3 Å². The zero-order valence-electron chi connectivity index (χ0n) is 16.4. The first-order chi connectivity index (χ1) is 13.2. The van der Waals surface area contributed by atoms with Crippen molar-refractivity contribution in [2.45, 2.75) is 32.3 Å². The topological polar surface area (TPSA) is 41.6 Å². The number of carbonyl (C=O) groups is 1. The van der Waals surface area contributed by atoms with Crippen LogP contribution in [0.4, 0.5) is 0 Å². The van der Waals surface area contributed by atoms with Gasteiger partial charge >= 0.3 is 0 Å². The summed E-state index contributed by atoms with van der Waals surface area (Å²) in [6.45, 7) is 4.65. The van der Waals surface area contributed by atoms with Gasteiger partial charge in [-0.05, 0) is 50.4 Å². The van der Waals surface area contributed by atoms with Crippen molar-refractivity contribution >= 4 is 5.91 Å². The van der Waals surface area contributed by atoms with Crippen LogP contribution in [0.5, 0.6) is 5.75 Å². The van der Waals surface area contributed by atoms with Crippen LogP contribution >= 0.6 is 0 Å². The highest BCUT2D eigenvalue weighted by atomic mass is 16.5. The van der Waals surface area contributed by atoms with Crippen molar-refractivity contribution in [1.82, 2.24) is 10.2 Å². The molecule has 4 nitrogen and oxygen atoms in total. The average Bonchev–Trinajstić information content (AvgIpc) is 2.73. The molecule has 1 aliphatic heterocycles. The van der Waals surface area contributed by atoms with Gasteiger partial charge < -0.3 is 15.0 Å². The lowest BCUT2D eigenvalue weighted by molar-refractivity contribution is -0.141. The molecule has 144 valence electrons. The minimum atomic E-state index is -0.604. The molecular weight excluding hydrogens is 336 g/mol. The maximum Gasteiger partial charge on any atom is 0.268 e. The largest absolute Gasteiger partial charge is 0.476 e. The summed E-state index contributed by atoms with van der Waals surface area (Å²) in [5, 5.41) is 3.24. The smallest absolute Gasteiger partial charge is 0.268 e. The Bertz CT molecular complexity index is 730. The van der Waals surface area contributed by atoms with Crippen molar-refractivity contribution in [2.24, 2.45) is 5.92 Å². The SMILES string of the molecule is CCc1ccccc1OC(C(=O)N1CCCC(CNC)C1)c1ccccc1. The summed E-state index contributed by atoms with van der Waals surface area (Å²) >= 11 is 0. The van der Waals surface area contributed by atoms with Crippen LogP contribution in [0, 0.1) is 5.92 Å². The quantitative estimate of drug-likeness (QED) is 0.810. The Morgan fingerprint density at radius 2 is 1.93 bits per heavy atom. The second kappa shape index (κ2) is 9.56. The number of rotatable bonds is 7. The first-order valence-electron chi connectivity index (χ1n) is 9.95. The number of amides is 1. The number of nitrogens with one attached hydrogen (secondary N) is 1. The van der Waals surface area contributed by atoms with Gasteiger partial charge in [0.05, 0.1) is 0 Å². The fourth-order valence-corrected chi connectivity index (χ4v) is 3.81. The molecule has 1 aliphatic rings. The van der Waals surface area contributed by atoms with Crippen molar-refractivity contribution in [3.63, 3.8) is 0 Å². The van der Waals surface area contributed by atoms with E-state index in [1.807, 2.05) is 60.5 Å². The Morgan fingerprint density at radius 3 is 2.67 bits per heavy atom. The van der Waals surface area contributed by atoms with E-state index in [-0.39, 0.29) is 5.91 Å². The fraction of sp³-hybridized carbons (Fsp3) is 0.435. The second-order valence-corrected chi connectivity index (χ2v) is 7.22. The molecule has 0 saturated carbocycles. The third-order valence-corrected chi connectivity index (χ3v) is 5.25. The molecule has 3 rings (SSSR count). The number of likely N-dealkylation sites (tertiary alicyclic amines) is 1. The van der Waals surface area contributed by atoms with E-state index < -0.39 is 6.10 Å². The van der Waals surface area contributed by atoms with Crippen molar-refractivity contribution in [2.75, 3.05) is 26.7 Å². The van der Waals surface area contributed by atoms with E-state index in [0.29, 0.717) is 5.92 Å². The molecule has 2 aromatic carbocycles. The first-order valence-corrected chi connectivity index (χ1v) is 9.95. The van der Waals surface area contributed by atoms with Gasteiger partial charge in [-0.3, -0.25) is 4.79 Å². The monoisotopic (exact) mass is 366 g/mol. The number of ether oxygens (including phenoxy) is 1. The lowest BCUT2D eigenvalue weighted by Gasteiger charge is -2.35. The molecule has 0 aromatic heterocycles. The summed E-state index contributed by atoms with van der Waals surface area (Å²) < 4.78 is 6.33. The highest BCUT2D eigenvalue weighted by molar-refractivity contribution is 5.83. The van der Waals surface area contributed by atoms with Gasteiger partial charge in [0.1, 0.15) is 5.75 Å². The zero-order valence-corrected chi connectivity index (χ0v) is 16.4. The summed E-state index contributed by atoms with van der Waals surface area (Å²) in [6, 6.07) is 17.8. The van der Waals surface area contributed by atoms with Gasteiger partial charge in [0.25, 0.3) is 5.91 Å². The Kier molecular flexibility index (Phi) is 6.88. The standard InChI is InChI=1S/C23H30N2O2/c1-3-19-11-7-8-14-21(19)27-22(20-12-5-4-6-13-20)23(26)25-15-9-10-18(17-25)16-24-2/h4-8,11-14,18,22,24H,3,9-10,15-17H2,1-2H3. The first kappa shape index (κ1) is 19.4. The molecular formula is C23H30N2O2. The number of hydrogen-bond donors (Lipinski definition) is 1. The molecule has 1 saturated heterocycles. The van der Waals surface area contributed by atoms with Crippen molar-refractivity contribution in [3.05, 3.63) is 65.7 Å². The van der Waals surface area contributed by atoms with Crippen LogP contribution in [0.1, 0.15) is 37.0 Å². The predicted octanol–water partition coefficient (Wildman–Crippen LogP) is 3.83. The number of benzene rings is 2. The fourth-order valence-electron chi connectivity index (χ4n) is 3.81. The zero-order chi connectivity index (χ0) is 19.1. The van der Waals surface area contributed by atoms with E-state index >= 15 is 0 Å². The summed E-state index contributed by atoms with van der Waals surface area (Å²) in [6.07, 6.45) is 2.48. The number of hydrogen-bond acceptors (Lipinski definition) is 3. The number of carbonyl (C=O) groups excluding carboxylic acids is 1. The van der Waals surface area contributed by atoms with Gasteiger partial charge in [0.2, 0.25) is 6.10 Å². The molecule has 2 aromatic rings. The lowest BCUT2D eigenvalue weighted by Crippen LogP contribution is -2.45. The van der Waals surface area contributed by atoms with Gasteiger partial charge in [-0.15, -0.1) is 0 Å². The Morgan fingerprint density at radius 1 is 1.19 bits per heavy atom. The minimum Gasteiger partial charge on any atom is -0.476 e. The third-order valence-electron chi connectivity index (χ3n) is 5.25. The number of aryl methyl sites for hydroxylation is 1. The molecule has 0 bridgehead atoms. The Labute approximate surface area is 162 Å².